The fraction of sp³-hybridized carbons (Fsp3) is 0.150. The molecule has 0 fully saturated rings. The number of rotatable bonds is 8. The largest absolute Gasteiger partial charge is 0.481 e. The van der Waals surface area contributed by atoms with Gasteiger partial charge in [0.1, 0.15) is 5.75 Å². The molecule has 1 atom stereocenters. The number of nitrogens with one attached hydrogen (secondary N) is 2. The van der Waals surface area contributed by atoms with Gasteiger partial charge in [0.2, 0.25) is 5.82 Å². The molecule has 0 aliphatic heterocycles. The Labute approximate surface area is 184 Å². The Bertz CT molecular complexity index is 1150. The van der Waals surface area contributed by atoms with Crippen LogP contribution in [0.25, 0.3) is 0 Å². The number of carbonyl (C=O) groups excluding carboxylic acids is 1. The summed E-state index contributed by atoms with van der Waals surface area (Å²) in [5.74, 6) is 0.118. The van der Waals surface area contributed by atoms with E-state index in [9.17, 15) is 13.2 Å². The molecule has 162 valence electrons. The number of sulfonamides is 1. The third kappa shape index (κ3) is 5.83. The van der Waals surface area contributed by atoms with Crippen molar-refractivity contribution in [2.75, 3.05) is 17.1 Å². The van der Waals surface area contributed by atoms with E-state index in [-0.39, 0.29) is 16.6 Å². The van der Waals surface area contributed by atoms with Crippen molar-refractivity contribution in [2.24, 2.45) is 0 Å². The number of nitrogens with zero attached hydrogens (tertiary/aromatic N) is 2. The number of halogens is 1. The molecule has 1 heterocycles. The Balaban J connectivity index is 1.65. The highest BCUT2D eigenvalue weighted by molar-refractivity contribution is 7.92. The first kappa shape index (κ1) is 22.3. The zero-order chi connectivity index (χ0) is 22.4. The minimum absolute atomic E-state index is 0.0244. The van der Waals surface area contributed by atoms with Crippen LogP contribution in [0.15, 0.2) is 65.8 Å². The number of hydrogen-bond acceptors (Lipinski definition) is 7. The summed E-state index contributed by atoms with van der Waals surface area (Å²) in [5, 5.41) is 3.23. The van der Waals surface area contributed by atoms with E-state index in [1.54, 1.807) is 31.2 Å². The normalized spacial score (nSPS) is 12.0. The average Bonchev–Trinajstić information content (AvgIpc) is 2.76. The molecule has 0 spiro atoms. The molecular formula is C20H19ClN4O5S. The summed E-state index contributed by atoms with van der Waals surface area (Å²) in [6, 6.07) is 12.3. The molecule has 0 aliphatic carbocycles. The number of aromatic nitrogens is 2. The van der Waals surface area contributed by atoms with E-state index >= 15 is 0 Å². The number of carbonyl (C=O) groups is 1. The van der Waals surface area contributed by atoms with Gasteiger partial charge >= 0.3 is 0 Å². The molecule has 9 nitrogen and oxygen atoms in total. The van der Waals surface area contributed by atoms with E-state index in [0.29, 0.717) is 16.5 Å². The summed E-state index contributed by atoms with van der Waals surface area (Å²) in [7, 11) is -2.57. The summed E-state index contributed by atoms with van der Waals surface area (Å²) < 4.78 is 38.1. The number of anilines is 2. The summed E-state index contributed by atoms with van der Waals surface area (Å²) in [6.07, 6.45) is 1.94. The van der Waals surface area contributed by atoms with Crippen molar-refractivity contribution in [3.63, 3.8) is 0 Å². The molecule has 0 bridgehead atoms. The third-order valence-corrected chi connectivity index (χ3v) is 5.62. The van der Waals surface area contributed by atoms with Crippen LogP contribution in [0.3, 0.4) is 0 Å². The fourth-order valence-electron chi connectivity index (χ4n) is 2.46. The van der Waals surface area contributed by atoms with E-state index < -0.39 is 22.0 Å². The quantitative estimate of drug-likeness (QED) is 0.526. The monoisotopic (exact) mass is 462 g/mol. The first-order valence-corrected chi connectivity index (χ1v) is 10.9. The van der Waals surface area contributed by atoms with Crippen LogP contribution >= 0.6 is 11.6 Å². The van der Waals surface area contributed by atoms with Crippen LogP contribution in [-0.2, 0) is 14.8 Å². The number of hydrogen-bond donors (Lipinski definition) is 2. The Kier molecular flexibility index (Phi) is 6.93. The third-order valence-electron chi connectivity index (χ3n) is 4.02. The van der Waals surface area contributed by atoms with Crippen molar-refractivity contribution in [2.45, 2.75) is 17.9 Å². The minimum atomic E-state index is -3.93. The van der Waals surface area contributed by atoms with Crippen molar-refractivity contribution in [1.82, 2.24) is 9.97 Å². The van der Waals surface area contributed by atoms with Gasteiger partial charge in [-0.05, 0) is 55.5 Å². The lowest BCUT2D eigenvalue weighted by molar-refractivity contribution is -0.122. The Morgan fingerprint density at radius 1 is 1.03 bits per heavy atom. The first-order chi connectivity index (χ1) is 14.8. The molecule has 0 saturated carbocycles. The predicted molar refractivity (Wildman–Crippen MR) is 116 cm³/mol. The topological polar surface area (TPSA) is 120 Å². The maximum Gasteiger partial charge on any atom is 0.265 e. The molecular weight excluding hydrogens is 444 g/mol. The molecule has 2 N–H and O–H groups in total. The molecule has 3 rings (SSSR count). The summed E-state index contributed by atoms with van der Waals surface area (Å²) in [5.41, 5.74) is 0.410. The van der Waals surface area contributed by atoms with Crippen molar-refractivity contribution >= 4 is 39.0 Å². The molecule has 1 aromatic heterocycles. The second-order valence-corrected chi connectivity index (χ2v) is 8.37. The van der Waals surface area contributed by atoms with Gasteiger partial charge in [-0.15, -0.1) is 0 Å². The van der Waals surface area contributed by atoms with Crippen molar-refractivity contribution in [3.8, 4) is 11.6 Å². The van der Waals surface area contributed by atoms with Gasteiger partial charge in [-0.25, -0.2) is 18.4 Å². The molecule has 31 heavy (non-hydrogen) atoms. The van der Waals surface area contributed by atoms with E-state index in [1.807, 2.05) is 0 Å². The lowest BCUT2D eigenvalue weighted by atomic mass is 10.3. The second kappa shape index (κ2) is 9.63. The smallest absolute Gasteiger partial charge is 0.265 e. The van der Waals surface area contributed by atoms with Gasteiger partial charge in [0.15, 0.2) is 6.10 Å². The highest BCUT2D eigenvalue weighted by atomic mass is 35.5. The van der Waals surface area contributed by atoms with Crippen molar-refractivity contribution in [1.29, 1.82) is 0 Å². The molecule has 0 saturated heterocycles. The van der Waals surface area contributed by atoms with Gasteiger partial charge in [0.25, 0.3) is 21.8 Å². The van der Waals surface area contributed by atoms with Gasteiger partial charge in [-0.3, -0.25) is 9.52 Å². The summed E-state index contributed by atoms with van der Waals surface area (Å²) in [4.78, 5) is 20.1. The molecule has 11 heteroatoms. The van der Waals surface area contributed by atoms with Crippen LogP contribution in [-0.4, -0.2) is 37.5 Å². The Morgan fingerprint density at radius 2 is 1.68 bits per heavy atom. The van der Waals surface area contributed by atoms with Crippen LogP contribution in [0.4, 0.5) is 11.5 Å². The number of ether oxygens (including phenoxy) is 2. The SMILES string of the molecule is COc1nccnc1NS(=O)(=O)c1ccc(NC(=O)C(C)Oc2ccc(Cl)cc2)cc1. The van der Waals surface area contributed by atoms with Gasteiger partial charge in [-0.2, -0.15) is 0 Å². The molecule has 2 aromatic carbocycles. The second-order valence-electron chi connectivity index (χ2n) is 6.25. The maximum atomic E-state index is 12.6. The highest BCUT2D eigenvalue weighted by Gasteiger charge is 2.19. The maximum absolute atomic E-state index is 12.6. The van der Waals surface area contributed by atoms with Gasteiger partial charge in [0.05, 0.1) is 12.0 Å². The Morgan fingerprint density at radius 3 is 2.32 bits per heavy atom. The molecule has 3 aromatic rings. The molecule has 1 amide bonds. The van der Waals surface area contributed by atoms with Gasteiger partial charge < -0.3 is 14.8 Å². The fourth-order valence-corrected chi connectivity index (χ4v) is 3.60. The zero-order valence-electron chi connectivity index (χ0n) is 16.6. The predicted octanol–water partition coefficient (Wildman–Crippen LogP) is 3.35. The van der Waals surface area contributed by atoms with E-state index in [2.05, 4.69) is 20.0 Å². The first-order valence-electron chi connectivity index (χ1n) is 8.99. The van der Waals surface area contributed by atoms with E-state index in [0.717, 1.165) is 0 Å². The lowest BCUT2D eigenvalue weighted by Crippen LogP contribution is -2.30. The van der Waals surface area contributed by atoms with E-state index in [4.69, 9.17) is 21.1 Å². The van der Waals surface area contributed by atoms with Crippen LogP contribution in [0.2, 0.25) is 5.02 Å². The van der Waals surface area contributed by atoms with Crippen LogP contribution in [0.5, 0.6) is 11.6 Å². The van der Waals surface area contributed by atoms with Crippen molar-refractivity contribution < 1.29 is 22.7 Å². The Hall–Kier alpha value is -3.37. The van der Waals surface area contributed by atoms with Crippen LogP contribution in [0, 0.1) is 0 Å². The number of methoxy groups -OCH3 is 1. The summed E-state index contributed by atoms with van der Waals surface area (Å²) in [6.45, 7) is 1.60. The van der Waals surface area contributed by atoms with Gasteiger partial charge in [0, 0.05) is 23.1 Å². The summed E-state index contributed by atoms with van der Waals surface area (Å²) >= 11 is 5.83. The molecule has 0 aliphatic rings. The molecule has 1 unspecified atom stereocenters. The highest BCUT2D eigenvalue weighted by Crippen LogP contribution is 2.22. The standard InChI is InChI=1S/C20H19ClN4O5S/c1-13(30-16-7-3-14(21)4-8-16)19(26)24-15-5-9-17(10-6-15)31(27,28)25-18-20(29-2)23-12-11-22-18/h3-13H,1-2H3,(H,22,25)(H,24,26). The van der Waals surface area contributed by atoms with Crippen molar-refractivity contribution in [3.05, 3.63) is 65.9 Å². The van der Waals surface area contributed by atoms with Crippen LogP contribution in [0.1, 0.15) is 6.92 Å². The zero-order valence-corrected chi connectivity index (χ0v) is 18.1. The molecule has 0 radical (unpaired) electrons. The van der Waals surface area contributed by atoms with E-state index in [1.165, 1.54) is 43.8 Å². The number of amides is 1. The average molecular weight is 463 g/mol. The van der Waals surface area contributed by atoms with Gasteiger partial charge in [-0.1, -0.05) is 11.6 Å². The minimum Gasteiger partial charge on any atom is -0.481 e. The number of benzene rings is 2. The lowest BCUT2D eigenvalue weighted by Gasteiger charge is -2.15. The van der Waals surface area contributed by atoms with Crippen LogP contribution < -0.4 is 19.5 Å².